The minimum absolute atomic E-state index is 0.166. The molecule has 4 aliphatic carbocycles. The van der Waals surface area contributed by atoms with Crippen LogP contribution in [0.5, 0.6) is 5.88 Å². The van der Waals surface area contributed by atoms with Gasteiger partial charge in [0.1, 0.15) is 0 Å². The van der Waals surface area contributed by atoms with E-state index in [1.54, 1.807) is 0 Å². The Hall–Kier alpha value is -1.25. The number of anilines is 1. The Kier molecular flexibility index (Phi) is 3.31. The molecule has 4 bridgehead atoms. The lowest BCUT2D eigenvalue weighted by atomic mass is 9.54. The third kappa shape index (κ3) is 2.51. The average Bonchev–Trinajstić information content (AvgIpc) is 2.43. The summed E-state index contributed by atoms with van der Waals surface area (Å²) in [6.07, 6.45) is 9.24. The molecule has 0 unspecified atom stereocenters. The summed E-state index contributed by atoms with van der Waals surface area (Å²) in [7, 11) is 0. The van der Waals surface area contributed by atoms with Crippen molar-refractivity contribution in [1.82, 2.24) is 4.98 Å². The minimum Gasteiger partial charge on any atom is -0.473 e. The Morgan fingerprint density at radius 1 is 1.10 bits per heavy atom. The summed E-state index contributed by atoms with van der Waals surface area (Å²) in [5, 5.41) is 3.81. The van der Waals surface area contributed by atoms with Gasteiger partial charge in [-0.3, -0.25) is 0 Å². The summed E-state index contributed by atoms with van der Waals surface area (Å²) in [5.74, 6) is 4.54. The van der Waals surface area contributed by atoms with Crippen LogP contribution in [-0.4, -0.2) is 17.1 Å². The predicted octanol–water partition coefficient (Wildman–Crippen LogP) is 4.11. The van der Waals surface area contributed by atoms with Crippen LogP contribution in [0, 0.1) is 23.7 Å². The van der Waals surface area contributed by atoms with Crippen molar-refractivity contribution >= 4 is 5.69 Å². The van der Waals surface area contributed by atoms with E-state index in [-0.39, 0.29) is 6.10 Å². The van der Waals surface area contributed by atoms with Crippen molar-refractivity contribution in [3.05, 3.63) is 18.3 Å². The van der Waals surface area contributed by atoms with Crippen molar-refractivity contribution in [3.63, 3.8) is 0 Å². The molecule has 0 atom stereocenters. The zero-order valence-corrected chi connectivity index (χ0v) is 13.1. The fourth-order valence-corrected chi connectivity index (χ4v) is 5.16. The Labute approximate surface area is 127 Å². The summed E-state index contributed by atoms with van der Waals surface area (Å²) in [4.78, 5) is 4.42. The molecule has 5 rings (SSSR count). The SMILES string of the molecule is CC(C)Oc1ncccc1NC1C2CC3CC(C2)CC1C3. The normalized spacial score (nSPS) is 37.0. The van der Waals surface area contributed by atoms with Crippen molar-refractivity contribution in [2.24, 2.45) is 23.7 Å². The monoisotopic (exact) mass is 286 g/mol. The molecular weight excluding hydrogens is 260 g/mol. The van der Waals surface area contributed by atoms with Gasteiger partial charge in [0.25, 0.3) is 0 Å². The lowest BCUT2D eigenvalue weighted by Crippen LogP contribution is -2.51. The Balaban J connectivity index is 1.54. The second-order valence-electron chi connectivity index (χ2n) is 7.62. The number of nitrogens with one attached hydrogen (secondary N) is 1. The van der Waals surface area contributed by atoms with Crippen LogP contribution in [0.15, 0.2) is 18.3 Å². The molecule has 0 aromatic carbocycles. The topological polar surface area (TPSA) is 34.1 Å². The van der Waals surface area contributed by atoms with E-state index in [2.05, 4.69) is 30.2 Å². The van der Waals surface area contributed by atoms with Crippen LogP contribution in [0.25, 0.3) is 0 Å². The molecule has 114 valence electrons. The third-order valence-corrected chi connectivity index (χ3v) is 5.67. The molecule has 1 aromatic heterocycles. The van der Waals surface area contributed by atoms with E-state index in [1.165, 1.54) is 32.1 Å². The highest BCUT2D eigenvalue weighted by Gasteiger charge is 2.48. The Morgan fingerprint density at radius 2 is 1.76 bits per heavy atom. The minimum atomic E-state index is 0.166. The molecule has 1 heterocycles. The van der Waals surface area contributed by atoms with Gasteiger partial charge in [0.05, 0.1) is 11.8 Å². The van der Waals surface area contributed by atoms with E-state index in [9.17, 15) is 0 Å². The van der Waals surface area contributed by atoms with Crippen LogP contribution in [0.1, 0.15) is 46.0 Å². The van der Waals surface area contributed by atoms with E-state index in [1.807, 2.05) is 12.3 Å². The smallest absolute Gasteiger partial charge is 0.237 e. The second kappa shape index (κ2) is 5.19. The number of rotatable bonds is 4. The van der Waals surface area contributed by atoms with E-state index >= 15 is 0 Å². The Bertz CT molecular complexity index is 486. The molecule has 4 fully saturated rings. The first-order chi connectivity index (χ1) is 10.2. The molecular formula is C18H26N2O. The molecule has 1 aromatic rings. The van der Waals surface area contributed by atoms with E-state index in [0.29, 0.717) is 6.04 Å². The number of ether oxygens (including phenoxy) is 1. The lowest BCUT2D eigenvalue weighted by molar-refractivity contribution is 0.00742. The van der Waals surface area contributed by atoms with Gasteiger partial charge in [-0.05, 0) is 81.8 Å². The van der Waals surface area contributed by atoms with Crippen LogP contribution >= 0.6 is 0 Å². The number of pyridine rings is 1. The zero-order valence-electron chi connectivity index (χ0n) is 13.1. The molecule has 3 nitrogen and oxygen atoms in total. The highest BCUT2D eigenvalue weighted by molar-refractivity contribution is 5.53. The largest absolute Gasteiger partial charge is 0.473 e. The van der Waals surface area contributed by atoms with Gasteiger partial charge in [-0.1, -0.05) is 0 Å². The summed E-state index contributed by atoms with van der Waals surface area (Å²) in [6, 6.07) is 4.76. The summed E-state index contributed by atoms with van der Waals surface area (Å²) in [6.45, 7) is 4.11. The van der Waals surface area contributed by atoms with Crippen molar-refractivity contribution in [2.45, 2.75) is 58.1 Å². The van der Waals surface area contributed by atoms with Crippen LogP contribution in [-0.2, 0) is 0 Å². The molecule has 1 N–H and O–H groups in total. The number of nitrogens with zero attached hydrogens (tertiary/aromatic N) is 1. The number of aromatic nitrogens is 1. The third-order valence-electron chi connectivity index (χ3n) is 5.67. The summed E-state index contributed by atoms with van der Waals surface area (Å²) < 4.78 is 5.87. The van der Waals surface area contributed by atoms with Crippen molar-refractivity contribution < 1.29 is 4.74 Å². The fourth-order valence-electron chi connectivity index (χ4n) is 5.16. The van der Waals surface area contributed by atoms with E-state index in [4.69, 9.17) is 4.74 Å². The standard InChI is InChI=1S/C18H26N2O/c1-11(2)21-18-16(4-3-5-19-18)20-17-14-7-12-6-13(9-14)10-15(17)8-12/h3-5,11-15,17,20H,6-10H2,1-2H3. The number of hydrogen-bond donors (Lipinski definition) is 1. The first kappa shape index (κ1) is 13.4. The van der Waals surface area contributed by atoms with Crippen LogP contribution in [0.4, 0.5) is 5.69 Å². The maximum Gasteiger partial charge on any atom is 0.237 e. The maximum absolute atomic E-state index is 5.87. The molecule has 0 radical (unpaired) electrons. The van der Waals surface area contributed by atoms with Crippen molar-refractivity contribution in [1.29, 1.82) is 0 Å². The molecule has 0 amide bonds. The molecule has 21 heavy (non-hydrogen) atoms. The molecule has 3 heteroatoms. The van der Waals surface area contributed by atoms with Gasteiger partial charge in [0.2, 0.25) is 5.88 Å². The van der Waals surface area contributed by atoms with Gasteiger partial charge >= 0.3 is 0 Å². The van der Waals surface area contributed by atoms with Gasteiger partial charge in [0.15, 0.2) is 0 Å². The maximum atomic E-state index is 5.87. The molecule has 4 saturated carbocycles. The molecule has 4 aliphatic rings. The number of hydrogen-bond acceptors (Lipinski definition) is 3. The highest BCUT2D eigenvalue weighted by Crippen LogP contribution is 2.54. The van der Waals surface area contributed by atoms with Crippen LogP contribution in [0.3, 0.4) is 0 Å². The summed E-state index contributed by atoms with van der Waals surface area (Å²) in [5.41, 5.74) is 1.09. The molecule has 0 saturated heterocycles. The van der Waals surface area contributed by atoms with Gasteiger partial charge in [-0.15, -0.1) is 0 Å². The van der Waals surface area contributed by atoms with Gasteiger partial charge in [0, 0.05) is 12.2 Å². The molecule has 0 spiro atoms. The highest BCUT2D eigenvalue weighted by atomic mass is 16.5. The van der Waals surface area contributed by atoms with Gasteiger partial charge < -0.3 is 10.1 Å². The van der Waals surface area contributed by atoms with E-state index < -0.39 is 0 Å². The lowest BCUT2D eigenvalue weighted by Gasteiger charge is -2.54. The van der Waals surface area contributed by atoms with Crippen LogP contribution < -0.4 is 10.1 Å². The van der Waals surface area contributed by atoms with Crippen LogP contribution in [0.2, 0.25) is 0 Å². The second-order valence-corrected chi connectivity index (χ2v) is 7.62. The van der Waals surface area contributed by atoms with Gasteiger partial charge in [-0.25, -0.2) is 4.98 Å². The zero-order chi connectivity index (χ0) is 14.4. The molecule has 0 aliphatic heterocycles. The Morgan fingerprint density at radius 3 is 2.38 bits per heavy atom. The van der Waals surface area contributed by atoms with Gasteiger partial charge in [-0.2, -0.15) is 0 Å². The van der Waals surface area contributed by atoms with Crippen molar-refractivity contribution in [3.8, 4) is 5.88 Å². The summed E-state index contributed by atoms with van der Waals surface area (Å²) >= 11 is 0. The van der Waals surface area contributed by atoms with Crippen molar-refractivity contribution in [2.75, 3.05) is 5.32 Å². The quantitative estimate of drug-likeness (QED) is 0.904. The first-order valence-electron chi connectivity index (χ1n) is 8.57. The van der Waals surface area contributed by atoms with E-state index in [0.717, 1.165) is 35.2 Å². The predicted molar refractivity (Wildman–Crippen MR) is 84.5 cm³/mol. The average molecular weight is 286 g/mol. The fraction of sp³-hybridized carbons (Fsp3) is 0.722. The first-order valence-corrected chi connectivity index (χ1v) is 8.57.